The smallest absolute Gasteiger partial charge is 0.0437 e. The van der Waals surface area contributed by atoms with Gasteiger partial charge in [-0.2, -0.15) is 0 Å². The molecule has 2 nitrogen and oxygen atoms in total. The van der Waals surface area contributed by atoms with Crippen LogP contribution in [-0.2, 0) is 9.47 Å². The van der Waals surface area contributed by atoms with Crippen molar-refractivity contribution in [3.8, 4) is 0 Å². The minimum Gasteiger partial charge on any atom is -0.385 e. The lowest BCUT2D eigenvalue weighted by Gasteiger charge is -1.86. The second-order valence-electron chi connectivity index (χ2n) is 1.36. The van der Waals surface area contributed by atoms with Crippen molar-refractivity contribution in [1.29, 1.82) is 0 Å². The Labute approximate surface area is 80.3 Å². The Hall–Kier alpha value is -0.0800. The largest absolute Gasteiger partial charge is 0.385 e. The van der Waals surface area contributed by atoms with E-state index in [2.05, 4.69) is 4.74 Å². The number of hydrogen-bond acceptors (Lipinski definition) is 2. The normalized spacial score (nSPS) is 6.00. The Morgan fingerprint density at radius 1 is 0.750 bits per heavy atom. The van der Waals surface area contributed by atoms with E-state index < -0.39 is 0 Å². The SMILES string of the molecule is C.C.C.CCOC.CCOCC. The molecule has 0 aliphatic heterocycles. The fourth-order valence-electron chi connectivity index (χ4n) is 0.204. The van der Waals surface area contributed by atoms with Gasteiger partial charge in [0.2, 0.25) is 0 Å². The summed E-state index contributed by atoms with van der Waals surface area (Å²) in [5, 5.41) is 0. The Kier molecular flexibility index (Phi) is 110. The van der Waals surface area contributed by atoms with Crippen molar-refractivity contribution in [2.24, 2.45) is 0 Å². The minimum atomic E-state index is 0. The van der Waals surface area contributed by atoms with Crippen molar-refractivity contribution in [2.45, 2.75) is 43.1 Å². The first-order valence-electron chi connectivity index (χ1n) is 3.40. The Bertz CT molecular complexity index is 27.0. The molecule has 2 heteroatoms. The van der Waals surface area contributed by atoms with Crippen LogP contribution in [0.1, 0.15) is 43.1 Å². The van der Waals surface area contributed by atoms with E-state index in [1.807, 2.05) is 20.8 Å². The molecule has 0 N–H and O–H groups in total. The molecule has 0 aromatic rings. The van der Waals surface area contributed by atoms with Gasteiger partial charge in [-0.15, -0.1) is 0 Å². The summed E-state index contributed by atoms with van der Waals surface area (Å²) in [7, 11) is 1.68. The average Bonchev–Trinajstić information content (AvgIpc) is 1.91. The van der Waals surface area contributed by atoms with Crippen LogP contribution in [0, 0.1) is 0 Å². The molecule has 0 saturated carbocycles. The number of methoxy groups -OCH3 is 1. The van der Waals surface area contributed by atoms with Gasteiger partial charge in [-0.1, -0.05) is 22.3 Å². The van der Waals surface area contributed by atoms with Gasteiger partial charge in [0.25, 0.3) is 0 Å². The fraction of sp³-hybridized carbons (Fsp3) is 1.00. The van der Waals surface area contributed by atoms with E-state index >= 15 is 0 Å². The van der Waals surface area contributed by atoms with Crippen LogP contribution in [0.2, 0.25) is 0 Å². The average molecular weight is 182 g/mol. The molecule has 0 bridgehead atoms. The molecule has 0 aliphatic carbocycles. The summed E-state index contributed by atoms with van der Waals surface area (Å²) >= 11 is 0. The van der Waals surface area contributed by atoms with Gasteiger partial charge in [-0.05, 0) is 20.8 Å². The molecular formula is C10H30O2. The molecule has 0 atom stereocenters. The van der Waals surface area contributed by atoms with Crippen LogP contribution in [0.5, 0.6) is 0 Å². The molecule has 12 heavy (non-hydrogen) atoms. The monoisotopic (exact) mass is 182 g/mol. The lowest BCUT2D eigenvalue weighted by molar-refractivity contribution is 0.162. The van der Waals surface area contributed by atoms with Crippen LogP contribution in [0.25, 0.3) is 0 Å². The number of rotatable bonds is 3. The molecule has 0 unspecified atom stereocenters. The zero-order chi connectivity index (χ0) is 7.54. The van der Waals surface area contributed by atoms with Gasteiger partial charge in [-0.25, -0.2) is 0 Å². The predicted octanol–water partition coefficient (Wildman–Crippen LogP) is 3.60. The molecule has 0 heterocycles. The summed E-state index contributed by atoms with van der Waals surface area (Å²) < 4.78 is 9.38. The zero-order valence-corrected chi connectivity index (χ0v) is 6.94. The second-order valence-corrected chi connectivity index (χ2v) is 1.36. The summed E-state index contributed by atoms with van der Waals surface area (Å²) in [5.41, 5.74) is 0. The summed E-state index contributed by atoms with van der Waals surface area (Å²) in [6, 6.07) is 0. The Morgan fingerprint density at radius 3 is 1.00 bits per heavy atom. The molecular weight excluding hydrogens is 152 g/mol. The van der Waals surface area contributed by atoms with Crippen LogP contribution < -0.4 is 0 Å². The molecule has 0 aliphatic rings. The van der Waals surface area contributed by atoms with Crippen molar-refractivity contribution < 1.29 is 9.47 Å². The highest BCUT2D eigenvalue weighted by Crippen LogP contribution is 1.64. The van der Waals surface area contributed by atoms with E-state index in [0.29, 0.717) is 0 Å². The van der Waals surface area contributed by atoms with E-state index in [9.17, 15) is 0 Å². The van der Waals surface area contributed by atoms with Gasteiger partial charge in [0.15, 0.2) is 0 Å². The maximum Gasteiger partial charge on any atom is 0.0437 e. The molecule has 0 aromatic carbocycles. The van der Waals surface area contributed by atoms with Gasteiger partial charge < -0.3 is 9.47 Å². The zero-order valence-electron chi connectivity index (χ0n) is 6.94. The first-order chi connectivity index (χ1) is 4.33. The van der Waals surface area contributed by atoms with Gasteiger partial charge >= 0.3 is 0 Å². The number of hydrogen-bond donors (Lipinski definition) is 0. The summed E-state index contributed by atoms with van der Waals surface area (Å²) in [6.07, 6.45) is 0. The fourth-order valence-corrected chi connectivity index (χ4v) is 0.204. The van der Waals surface area contributed by atoms with Crippen LogP contribution >= 0.6 is 0 Å². The van der Waals surface area contributed by atoms with E-state index in [1.54, 1.807) is 7.11 Å². The molecule has 0 rings (SSSR count). The highest BCUT2D eigenvalue weighted by atomic mass is 16.5. The third-order valence-electron chi connectivity index (χ3n) is 0.697. The van der Waals surface area contributed by atoms with Crippen molar-refractivity contribution in [3.63, 3.8) is 0 Å². The van der Waals surface area contributed by atoms with E-state index in [1.165, 1.54) is 0 Å². The van der Waals surface area contributed by atoms with Crippen LogP contribution in [0.3, 0.4) is 0 Å². The van der Waals surface area contributed by atoms with Crippen molar-refractivity contribution in [2.75, 3.05) is 26.9 Å². The molecule has 0 spiro atoms. The maximum absolute atomic E-state index is 4.83. The van der Waals surface area contributed by atoms with Gasteiger partial charge in [0.05, 0.1) is 0 Å². The minimum absolute atomic E-state index is 0. The molecule has 0 saturated heterocycles. The maximum atomic E-state index is 4.83. The van der Waals surface area contributed by atoms with E-state index in [-0.39, 0.29) is 22.3 Å². The molecule has 0 fully saturated rings. The van der Waals surface area contributed by atoms with Crippen molar-refractivity contribution >= 4 is 0 Å². The molecule has 0 amide bonds. The Balaban J connectivity index is -0.0000000221. The number of ether oxygens (including phenoxy) is 2. The summed E-state index contributed by atoms with van der Waals surface area (Å²) in [5.74, 6) is 0. The first-order valence-corrected chi connectivity index (χ1v) is 3.40. The van der Waals surface area contributed by atoms with E-state index in [0.717, 1.165) is 19.8 Å². The van der Waals surface area contributed by atoms with Gasteiger partial charge in [0.1, 0.15) is 0 Å². The van der Waals surface area contributed by atoms with Crippen LogP contribution in [0.4, 0.5) is 0 Å². The highest BCUT2D eigenvalue weighted by Gasteiger charge is 1.64. The van der Waals surface area contributed by atoms with Gasteiger partial charge in [-0.3, -0.25) is 0 Å². The summed E-state index contributed by atoms with van der Waals surface area (Å²) in [6.45, 7) is 8.44. The second kappa shape index (κ2) is 44.4. The molecule has 0 aromatic heterocycles. The topological polar surface area (TPSA) is 18.5 Å². The predicted molar refractivity (Wildman–Crippen MR) is 59.9 cm³/mol. The Morgan fingerprint density at radius 2 is 1.00 bits per heavy atom. The first kappa shape index (κ1) is 29.7. The highest BCUT2D eigenvalue weighted by molar-refractivity contribution is 4.07. The molecule has 82 valence electrons. The standard InChI is InChI=1S/C4H10O.C3H8O.3CH4/c1-3-5-4-2;1-3-4-2;;;/h3-4H2,1-2H3;3H2,1-2H3;3*1H4. The molecule has 0 radical (unpaired) electrons. The van der Waals surface area contributed by atoms with Crippen molar-refractivity contribution in [1.82, 2.24) is 0 Å². The van der Waals surface area contributed by atoms with Crippen molar-refractivity contribution in [3.05, 3.63) is 0 Å². The van der Waals surface area contributed by atoms with Crippen LogP contribution in [0.15, 0.2) is 0 Å². The summed E-state index contributed by atoms with van der Waals surface area (Å²) in [4.78, 5) is 0. The van der Waals surface area contributed by atoms with Crippen LogP contribution in [-0.4, -0.2) is 26.9 Å². The third kappa shape index (κ3) is 92.6. The third-order valence-corrected chi connectivity index (χ3v) is 0.697. The lowest BCUT2D eigenvalue weighted by Crippen LogP contribution is -1.84. The van der Waals surface area contributed by atoms with Gasteiger partial charge in [0, 0.05) is 26.9 Å². The van der Waals surface area contributed by atoms with E-state index in [4.69, 9.17) is 4.74 Å². The lowest BCUT2D eigenvalue weighted by atomic mass is 10.8. The quantitative estimate of drug-likeness (QED) is 0.664.